The zero-order chi connectivity index (χ0) is 16.0. The summed E-state index contributed by atoms with van der Waals surface area (Å²) in [5, 5.41) is 13.5. The van der Waals surface area contributed by atoms with E-state index in [0.29, 0.717) is 4.47 Å². The molecule has 3 aromatic carbocycles. The van der Waals surface area contributed by atoms with E-state index < -0.39 is 0 Å². The van der Waals surface area contributed by atoms with Crippen LogP contribution in [0.1, 0.15) is 0 Å². The number of rotatable bonds is 2. The van der Waals surface area contributed by atoms with Gasteiger partial charge in [-0.15, -0.1) is 0 Å². The van der Waals surface area contributed by atoms with Gasteiger partial charge in [-0.05, 0) is 34.1 Å². The highest BCUT2D eigenvalue weighted by Gasteiger charge is 2.19. The number of nitro benzene ring substituents is 1. The summed E-state index contributed by atoms with van der Waals surface area (Å²) < 4.78 is 2.54. The smallest absolute Gasteiger partial charge is 0.285 e. The Bertz CT molecular complexity index is 1020. The largest absolute Gasteiger partial charge is 0.308 e. The molecular weight excluding hydrogens is 356 g/mol. The van der Waals surface area contributed by atoms with Gasteiger partial charge in [0.05, 0.1) is 21.6 Å². The number of fused-ring (bicyclic) bond motifs is 3. The van der Waals surface area contributed by atoms with Crippen molar-refractivity contribution in [2.75, 3.05) is 0 Å². The quantitative estimate of drug-likeness (QED) is 0.349. The molecule has 0 N–H and O–H groups in total. The third kappa shape index (κ3) is 2.04. The lowest BCUT2D eigenvalue weighted by molar-refractivity contribution is -0.385. The Labute approximate surface area is 140 Å². The van der Waals surface area contributed by atoms with E-state index in [1.54, 1.807) is 6.07 Å². The Morgan fingerprint density at radius 3 is 1.96 bits per heavy atom. The summed E-state index contributed by atoms with van der Waals surface area (Å²) >= 11 is 3.41. The molecule has 5 heteroatoms. The van der Waals surface area contributed by atoms with Gasteiger partial charge in [-0.2, -0.15) is 0 Å². The minimum absolute atomic E-state index is 0.0596. The van der Waals surface area contributed by atoms with Crippen LogP contribution in [0.15, 0.2) is 71.2 Å². The van der Waals surface area contributed by atoms with Gasteiger partial charge in [0.25, 0.3) is 5.69 Å². The van der Waals surface area contributed by atoms with Crippen molar-refractivity contribution in [3.63, 3.8) is 0 Å². The molecular formula is C18H11BrN2O2. The molecule has 0 bridgehead atoms. The van der Waals surface area contributed by atoms with Crippen LogP contribution < -0.4 is 0 Å². The number of aromatic nitrogens is 1. The van der Waals surface area contributed by atoms with E-state index in [0.717, 1.165) is 27.5 Å². The Morgan fingerprint density at radius 1 is 0.826 bits per heavy atom. The molecule has 0 aliphatic rings. The second-order valence-electron chi connectivity index (χ2n) is 5.24. The summed E-state index contributed by atoms with van der Waals surface area (Å²) in [6.45, 7) is 0. The number of nitro groups is 1. The zero-order valence-corrected chi connectivity index (χ0v) is 13.5. The number of hydrogen-bond acceptors (Lipinski definition) is 2. The highest BCUT2D eigenvalue weighted by molar-refractivity contribution is 9.10. The van der Waals surface area contributed by atoms with Crippen LogP contribution >= 0.6 is 15.9 Å². The molecule has 23 heavy (non-hydrogen) atoms. The first-order valence-corrected chi connectivity index (χ1v) is 7.89. The number of nitrogens with zero attached hydrogens (tertiary/aromatic N) is 2. The normalized spacial score (nSPS) is 11.2. The summed E-state index contributed by atoms with van der Waals surface area (Å²) in [6, 6.07) is 21.2. The van der Waals surface area contributed by atoms with E-state index in [9.17, 15) is 10.1 Å². The standard InChI is InChI=1S/C18H11BrN2O2/c19-18-16(10-5-11-17(18)21(22)23)20-14-8-3-1-6-12(14)13-7-2-4-9-15(13)20/h1-11H. The lowest BCUT2D eigenvalue weighted by Crippen LogP contribution is -1.98. The SMILES string of the molecule is O=[N+]([O-])c1cccc(-n2c3ccccc3c3ccccc32)c1Br. The second-order valence-corrected chi connectivity index (χ2v) is 6.03. The van der Waals surface area contributed by atoms with E-state index in [1.165, 1.54) is 6.07 Å². The minimum Gasteiger partial charge on any atom is -0.308 e. The molecule has 4 aromatic rings. The number of hydrogen-bond donors (Lipinski definition) is 0. The first kappa shape index (κ1) is 14.0. The van der Waals surface area contributed by atoms with Crippen LogP contribution in [0.5, 0.6) is 0 Å². The molecule has 0 radical (unpaired) electrons. The van der Waals surface area contributed by atoms with Gasteiger partial charge in [0.15, 0.2) is 0 Å². The van der Waals surface area contributed by atoms with Crippen molar-refractivity contribution in [1.29, 1.82) is 0 Å². The van der Waals surface area contributed by atoms with Gasteiger partial charge in [-0.25, -0.2) is 0 Å². The van der Waals surface area contributed by atoms with Gasteiger partial charge in [0, 0.05) is 16.8 Å². The highest BCUT2D eigenvalue weighted by atomic mass is 79.9. The van der Waals surface area contributed by atoms with Crippen LogP contribution in [-0.2, 0) is 0 Å². The summed E-state index contributed by atoms with van der Waals surface area (Å²) in [7, 11) is 0. The molecule has 4 rings (SSSR count). The Kier molecular flexibility index (Phi) is 3.16. The number of halogens is 1. The van der Waals surface area contributed by atoms with Crippen LogP contribution in [0, 0.1) is 10.1 Å². The highest BCUT2D eigenvalue weighted by Crippen LogP contribution is 2.37. The van der Waals surface area contributed by atoms with E-state index in [4.69, 9.17) is 0 Å². The van der Waals surface area contributed by atoms with Crippen LogP contribution in [0.3, 0.4) is 0 Å². The maximum absolute atomic E-state index is 11.2. The lowest BCUT2D eigenvalue weighted by Gasteiger charge is -2.10. The van der Waals surface area contributed by atoms with Gasteiger partial charge < -0.3 is 4.57 Å². The third-order valence-electron chi connectivity index (χ3n) is 3.98. The van der Waals surface area contributed by atoms with Gasteiger partial charge in [-0.3, -0.25) is 10.1 Å². The monoisotopic (exact) mass is 366 g/mol. The molecule has 112 valence electrons. The molecule has 0 saturated heterocycles. The Morgan fingerprint density at radius 2 is 1.39 bits per heavy atom. The number of para-hydroxylation sites is 2. The van der Waals surface area contributed by atoms with Crippen LogP contribution in [-0.4, -0.2) is 9.49 Å². The molecule has 1 aromatic heterocycles. The first-order valence-electron chi connectivity index (χ1n) is 7.10. The molecule has 1 heterocycles. The van der Waals surface area contributed by atoms with Crippen molar-refractivity contribution in [3.05, 3.63) is 81.3 Å². The van der Waals surface area contributed by atoms with Crippen molar-refractivity contribution in [3.8, 4) is 5.69 Å². The number of benzene rings is 3. The average molecular weight is 367 g/mol. The average Bonchev–Trinajstić information content (AvgIpc) is 2.89. The first-order chi connectivity index (χ1) is 11.2. The predicted octanol–water partition coefficient (Wildman–Crippen LogP) is 5.45. The van der Waals surface area contributed by atoms with Crippen molar-refractivity contribution < 1.29 is 4.92 Å². The minimum atomic E-state index is -0.374. The topological polar surface area (TPSA) is 48.1 Å². The third-order valence-corrected chi connectivity index (χ3v) is 4.79. The fourth-order valence-electron chi connectivity index (χ4n) is 3.00. The van der Waals surface area contributed by atoms with E-state index in [-0.39, 0.29) is 10.6 Å². The maximum Gasteiger partial charge on any atom is 0.285 e. The van der Waals surface area contributed by atoms with E-state index in [2.05, 4.69) is 32.6 Å². The zero-order valence-electron chi connectivity index (χ0n) is 11.9. The molecule has 0 spiro atoms. The predicted molar refractivity (Wildman–Crippen MR) is 95.1 cm³/mol. The van der Waals surface area contributed by atoms with Crippen LogP contribution in [0.4, 0.5) is 5.69 Å². The molecule has 0 saturated carbocycles. The van der Waals surface area contributed by atoms with Gasteiger partial charge in [-0.1, -0.05) is 42.5 Å². The summed E-state index contributed by atoms with van der Waals surface area (Å²) in [4.78, 5) is 10.9. The van der Waals surface area contributed by atoms with Crippen LogP contribution in [0.25, 0.3) is 27.5 Å². The maximum atomic E-state index is 11.2. The van der Waals surface area contributed by atoms with Crippen molar-refractivity contribution in [2.45, 2.75) is 0 Å². The van der Waals surface area contributed by atoms with Crippen molar-refractivity contribution >= 4 is 43.4 Å². The summed E-state index contributed by atoms with van der Waals surface area (Å²) in [5.74, 6) is 0. The van der Waals surface area contributed by atoms with Crippen molar-refractivity contribution in [1.82, 2.24) is 4.57 Å². The molecule has 4 nitrogen and oxygen atoms in total. The summed E-state index contributed by atoms with van der Waals surface area (Å²) in [6.07, 6.45) is 0. The Hall–Kier alpha value is -2.66. The lowest BCUT2D eigenvalue weighted by atomic mass is 10.2. The molecule has 0 fully saturated rings. The van der Waals surface area contributed by atoms with Crippen molar-refractivity contribution in [2.24, 2.45) is 0 Å². The second kappa shape index (κ2) is 5.21. The van der Waals surface area contributed by atoms with E-state index >= 15 is 0 Å². The molecule has 0 atom stereocenters. The summed E-state index contributed by atoms with van der Waals surface area (Å²) in [5.41, 5.74) is 2.87. The fraction of sp³-hybridized carbons (Fsp3) is 0. The molecule has 0 aliphatic carbocycles. The Balaban J connectivity index is 2.17. The van der Waals surface area contributed by atoms with Gasteiger partial charge in [0.1, 0.15) is 4.47 Å². The van der Waals surface area contributed by atoms with Gasteiger partial charge >= 0.3 is 0 Å². The molecule has 0 aliphatic heterocycles. The fourth-order valence-corrected chi connectivity index (χ4v) is 3.59. The van der Waals surface area contributed by atoms with E-state index in [1.807, 2.05) is 42.5 Å². The molecule has 0 unspecified atom stereocenters. The molecule has 0 amide bonds. The van der Waals surface area contributed by atoms with Crippen LogP contribution in [0.2, 0.25) is 0 Å². The van der Waals surface area contributed by atoms with Gasteiger partial charge in [0.2, 0.25) is 0 Å².